The third-order valence-corrected chi connectivity index (χ3v) is 2.01. The zero-order chi connectivity index (χ0) is 10.6. The number of hydrogen-bond acceptors (Lipinski definition) is 2. The molecule has 0 saturated heterocycles. The van der Waals surface area contributed by atoms with Gasteiger partial charge >= 0.3 is 0 Å². The number of carbonyl (C=O) groups excluding carboxylic acids is 1. The maximum Gasteiger partial charge on any atom is 0.223 e. The lowest BCUT2D eigenvalue weighted by atomic mass is 10.3. The molecule has 0 fully saturated rings. The van der Waals surface area contributed by atoms with Gasteiger partial charge in [0.2, 0.25) is 5.91 Å². The van der Waals surface area contributed by atoms with Crippen molar-refractivity contribution in [1.29, 1.82) is 5.26 Å². The van der Waals surface area contributed by atoms with Crippen LogP contribution in [0.4, 0.5) is 0 Å². The quantitative estimate of drug-likeness (QED) is 0.710. The molecule has 0 aliphatic rings. The molecule has 1 aromatic heterocycles. The number of amides is 1. The van der Waals surface area contributed by atoms with E-state index in [0.29, 0.717) is 18.7 Å². The molecule has 0 spiro atoms. The van der Waals surface area contributed by atoms with E-state index in [1.54, 1.807) is 35.7 Å². The summed E-state index contributed by atoms with van der Waals surface area (Å²) in [6.07, 6.45) is 2.23. The summed E-state index contributed by atoms with van der Waals surface area (Å²) in [5.41, 5.74) is 0.594. The van der Waals surface area contributed by atoms with Crippen molar-refractivity contribution in [3.8, 4) is 6.07 Å². The Hall–Kier alpha value is -1.76. The Labute approximate surface area is 83.4 Å². The van der Waals surface area contributed by atoms with Crippen molar-refractivity contribution in [3.05, 3.63) is 24.0 Å². The molecule has 4 heteroatoms. The largest absolute Gasteiger partial charge is 0.349 e. The SMILES string of the molecule is CN(C)C(=O)CCn1cccc1C#N. The molecule has 1 aromatic rings. The summed E-state index contributed by atoms with van der Waals surface area (Å²) in [4.78, 5) is 12.8. The van der Waals surface area contributed by atoms with E-state index in [4.69, 9.17) is 5.26 Å². The van der Waals surface area contributed by atoms with E-state index < -0.39 is 0 Å². The molecule has 1 rings (SSSR count). The fraction of sp³-hybridized carbons (Fsp3) is 0.400. The lowest BCUT2D eigenvalue weighted by molar-refractivity contribution is -0.128. The van der Waals surface area contributed by atoms with Gasteiger partial charge in [-0.15, -0.1) is 0 Å². The van der Waals surface area contributed by atoms with Crippen LogP contribution in [0.3, 0.4) is 0 Å². The zero-order valence-corrected chi connectivity index (χ0v) is 8.40. The van der Waals surface area contributed by atoms with E-state index in [-0.39, 0.29) is 5.91 Å². The van der Waals surface area contributed by atoms with Crippen molar-refractivity contribution in [2.75, 3.05) is 14.1 Å². The maximum atomic E-state index is 11.3. The summed E-state index contributed by atoms with van der Waals surface area (Å²) in [7, 11) is 3.45. The van der Waals surface area contributed by atoms with Gasteiger partial charge < -0.3 is 9.47 Å². The maximum absolute atomic E-state index is 11.3. The minimum Gasteiger partial charge on any atom is -0.349 e. The molecule has 0 saturated carbocycles. The van der Waals surface area contributed by atoms with E-state index in [2.05, 4.69) is 6.07 Å². The minimum atomic E-state index is 0.0718. The van der Waals surface area contributed by atoms with Crippen molar-refractivity contribution in [2.24, 2.45) is 0 Å². The Kier molecular flexibility index (Phi) is 3.29. The number of rotatable bonds is 3. The molecule has 0 unspecified atom stereocenters. The number of hydrogen-bond donors (Lipinski definition) is 0. The summed E-state index contributed by atoms with van der Waals surface area (Å²) in [6.45, 7) is 0.562. The lowest BCUT2D eigenvalue weighted by Crippen LogP contribution is -2.22. The van der Waals surface area contributed by atoms with Crippen LogP contribution in [0.5, 0.6) is 0 Å². The molecule has 0 radical (unpaired) electrons. The highest BCUT2D eigenvalue weighted by Gasteiger charge is 2.05. The monoisotopic (exact) mass is 191 g/mol. The van der Waals surface area contributed by atoms with Gasteiger partial charge in [0.1, 0.15) is 11.8 Å². The normalized spacial score (nSPS) is 9.50. The summed E-state index contributed by atoms with van der Waals surface area (Å²) in [5, 5.41) is 8.72. The molecule has 0 bridgehead atoms. The van der Waals surface area contributed by atoms with Gasteiger partial charge in [0, 0.05) is 33.3 Å². The van der Waals surface area contributed by atoms with Crippen molar-refractivity contribution < 1.29 is 4.79 Å². The standard InChI is InChI=1S/C10H13N3O/c1-12(2)10(14)5-7-13-6-3-4-9(13)8-11/h3-4,6H,5,7H2,1-2H3. The van der Waals surface area contributed by atoms with Crippen LogP contribution in [-0.4, -0.2) is 29.5 Å². The summed E-state index contributed by atoms with van der Waals surface area (Å²) < 4.78 is 1.78. The third kappa shape index (κ3) is 2.36. The molecule has 1 heterocycles. The Morgan fingerprint density at radius 2 is 2.36 bits per heavy atom. The van der Waals surface area contributed by atoms with Crippen LogP contribution < -0.4 is 0 Å². The smallest absolute Gasteiger partial charge is 0.223 e. The second kappa shape index (κ2) is 4.47. The molecule has 0 aromatic carbocycles. The molecule has 74 valence electrons. The van der Waals surface area contributed by atoms with Gasteiger partial charge in [-0.2, -0.15) is 5.26 Å². The summed E-state index contributed by atoms with van der Waals surface area (Å²) in [6, 6.07) is 5.61. The molecule has 0 atom stereocenters. The Morgan fingerprint density at radius 1 is 1.64 bits per heavy atom. The van der Waals surface area contributed by atoms with Crippen LogP contribution in [0.2, 0.25) is 0 Å². The van der Waals surface area contributed by atoms with Crippen LogP contribution in [0.1, 0.15) is 12.1 Å². The first-order valence-corrected chi connectivity index (χ1v) is 4.40. The van der Waals surface area contributed by atoms with Crippen molar-refractivity contribution in [3.63, 3.8) is 0 Å². The van der Waals surface area contributed by atoms with Crippen molar-refractivity contribution >= 4 is 5.91 Å². The van der Waals surface area contributed by atoms with Gasteiger partial charge in [0.25, 0.3) is 0 Å². The van der Waals surface area contributed by atoms with Gasteiger partial charge in [0.15, 0.2) is 0 Å². The fourth-order valence-electron chi connectivity index (χ4n) is 1.15. The number of aromatic nitrogens is 1. The first-order valence-electron chi connectivity index (χ1n) is 4.40. The number of aryl methyl sites for hydroxylation is 1. The molecule has 14 heavy (non-hydrogen) atoms. The number of nitrogens with zero attached hydrogens (tertiary/aromatic N) is 3. The van der Waals surface area contributed by atoms with Crippen molar-refractivity contribution in [1.82, 2.24) is 9.47 Å². The van der Waals surface area contributed by atoms with Crippen LogP contribution in [0.25, 0.3) is 0 Å². The molecular formula is C10H13N3O. The van der Waals surface area contributed by atoms with Crippen LogP contribution in [0.15, 0.2) is 18.3 Å². The fourth-order valence-corrected chi connectivity index (χ4v) is 1.15. The molecule has 4 nitrogen and oxygen atoms in total. The number of carbonyl (C=O) groups is 1. The molecule has 0 aliphatic heterocycles. The van der Waals surface area contributed by atoms with Crippen LogP contribution in [-0.2, 0) is 11.3 Å². The van der Waals surface area contributed by atoms with Crippen LogP contribution in [0, 0.1) is 11.3 Å². The first-order chi connectivity index (χ1) is 6.65. The van der Waals surface area contributed by atoms with Gasteiger partial charge in [-0.3, -0.25) is 4.79 Å². The first kappa shape index (κ1) is 10.3. The van der Waals surface area contributed by atoms with Crippen molar-refractivity contribution in [2.45, 2.75) is 13.0 Å². The van der Waals surface area contributed by atoms with Gasteiger partial charge in [-0.25, -0.2) is 0 Å². The Bertz CT molecular complexity index is 360. The summed E-state index contributed by atoms with van der Waals surface area (Å²) in [5.74, 6) is 0.0718. The molecule has 0 aliphatic carbocycles. The third-order valence-electron chi connectivity index (χ3n) is 2.01. The van der Waals surface area contributed by atoms with E-state index >= 15 is 0 Å². The highest BCUT2D eigenvalue weighted by atomic mass is 16.2. The Morgan fingerprint density at radius 3 is 2.93 bits per heavy atom. The highest BCUT2D eigenvalue weighted by molar-refractivity contribution is 5.75. The van der Waals surface area contributed by atoms with Gasteiger partial charge in [-0.1, -0.05) is 0 Å². The predicted molar refractivity (Wildman–Crippen MR) is 52.5 cm³/mol. The zero-order valence-electron chi connectivity index (χ0n) is 8.40. The van der Waals surface area contributed by atoms with E-state index in [1.165, 1.54) is 0 Å². The van der Waals surface area contributed by atoms with E-state index in [0.717, 1.165) is 0 Å². The van der Waals surface area contributed by atoms with Crippen LogP contribution >= 0.6 is 0 Å². The lowest BCUT2D eigenvalue weighted by Gasteiger charge is -2.10. The topological polar surface area (TPSA) is 49.0 Å². The van der Waals surface area contributed by atoms with Gasteiger partial charge in [0.05, 0.1) is 0 Å². The second-order valence-corrected chi connectivity index (χ2v) is 3.24. The molecular weight excluding hydrogens is 178 g/mol. The Balaban J connectivity index is 2.55. The van der Waals surface area contributed by atoms with Gasteiger partial charge in [-0.05, 0) is 12.1 Å². The average molecular weight is 191 g/mol. The minimum absolute atomic E-state index is 0.0718. The number of nitriles is 1. The average Bonchev–Trinajstić information content (AvgIpc) is 2.60. The van der Waals surface area contributed by atoms with E-state index in [1.807, 2.05) is 6.20 Å². The summed E-state index contributed by atoms with van der Waals surface area (Å²) >= 11 is 0. The highest BCUT2D eigenvalue weighted by Crippen LogP contribution is 2.02. The van der Waals surface area contributed by atoms with E-state index in [9.17, 15) is 4.79 Å². The predicted octanol–water partition coefficient (Wildman–Crippen LogP) is 0.838. The second-order valence-electron chi connectivity index (χ2n) is 3.24. The molecule has 1 amide bonds. The molecule has 0 N–H and O–H groups in total.